The number of nitrogens with zero attached hydrogens (tertiary/aromatic N) is 3. The van der Waals surface area contributed by atoms with Crippen LogP contribution in [0.4, 0.5) is 8.78 Å². The molecule has 1 N–H and O–H groups in total. The Morgan fingerprint density at radius 3 is 2.59 bits per heavy atom. The number of hydrogen-bond acceptors (Lipinski definition) is 4. The molecule has 0 radical (unpaired) electrons. The van der Waals surface area contributed by atoms with Crippen molar-refractivity contribution in [3.63, 3.8) is 0 Å². The Morgan fingerprint density at radius 2 is 1.93 bits per heavy atom. The summed E-state index contributed by atoms with van der Waals surface area (Å²) in [6, 6.07) is 0. The maximum absolute atomic E-state index is 13.3. The smallest absolute Gasteiger partial charge is 0.245 e. The number of aliphatic imine (C=N–C) groups is 3. The molecule has 1 saturated carbocycles. The Balaban J connectivity index is 1.88. The highest BCUT2D eigenvalue weighted by atomic mass is 19.3. The van der Waals surface area contributed by atoms with E-state index in [1.165, 1.54) is 0 Å². The van der Waals surface area contributed by atoms with Crippen LogP contribution in [0.3, 0.4) is 0 Å². The highest BCUT2D eigenvalue weighted by Crippen LogP contribution is 2.42. The van der Waals surface area contributed by atoms with Crippen LogP contribution in [0, 0.1) is 17.8 Å². The molecule has 150 valence electrons. The fourth-order valence-electron chi connectivity index (χ4n) is 4.54. The van der Waals surface area contributed by atoms with E-state index in [0.717, 1.165) is 44.0 Å². The normalized spacial score (nSPS) is 34.3. The predicted molar refractivity (Wildman–Crippen MR) is 106 cm³/mol. The van der Waals surface area contributed by atoms with Crippen LogP contribution in [0.25, 0.3) is 0 Å². The summed E-state index contributed by atoms with van der Waals surface area (Å²) in [5.74, 6) is -0.907. The fraction of sp³-hybridized carbons (Fsp3) is 0.762. The van der Waals surface area contributed by atoms with Crippen LogP contribution in [-0.4, -0.2) is 40.4 Å². The minimum atomic E-state index is -2.69. The van der Waals surface area contributed by atoms with Gasteiger partial charge >= 0.3 is 0 Å². The van der Waals surface area contributed by atoms with Gasteiger partial charge in [-0.3, -0.25) is 4.99 Å². The molecule has 0 aromatic carbocycles. The van der Waals surface area contributed by atoms with Crippen molar-refractivity contribution in [1.82, 2.24) is 0 Å². The number of rotatable bonds is 5. The molecule has 4 nitrogen and oxygen atoms in total. The van der Waals surface area contributed by atoms with Crippen molar-refractivity contribution in [3.05, 3.63) is 11.8 Å². The monoisotopic (exact) mass is 379 g/mol. The summed E-state index contributed by atoms with van der Waals surface area (Å²) < 4.78 is 26.6. The molecule has 4 atom stereocenters. The minimum absolute atomic E-state index is 0.209. The molecule has 2 aliphatic heterocycles. The molecule has 2 heterocycles. The van der Waals surface area contributed by atoms with Crippen LogP contribution < -0.4 is 0 Å². The maximum atomic E-state index is 13.3. The molecule has 27 heavy (non-hydrogen) atoms. The van der Waals surface area contributed by atoms with Crippen LogP contribution >= 0.6 is 0 Å². The number of allylic oxidation sites excluding steroid dienone is 1. The van der Waals surface area contributed by atoms with Crippen LogP contribution in [0.2, 0.25) is 0 Å². The lowest BCUT2D eigenvalue weighted by atomic mass is 9.76. The first kappa shape index (κ1) is 20.3. The largest absolute Gasteiger partial charge is 0.396 e. The molecular formula is C21H31F2N3O. The van der Waals surface area contributed by atoms with E-state index < -0.39 is 11.5 Å². The van der Waals surface area contributed by atoms with E-state index in [-0.39, 0.29) is 25.4 Å². The van der Waals surface area contributed by atoms with Gasteiger partial charge in [0.1, 0.15) is 11.4 Å². The summed E-state index contributed by atoms with van der Waals surface area (Å²) in [6.07, 6.45) is 5.96. The second-order valence-electron chi connectivity index (χ2n) is 8.72. The van der Waals surface area contributed by atoms with Gasteiger partial charge in [-0.15, -0.1) is 0 Å². The molecule has 1 unspecified atom stereocenters. The van der Waals surface area contributed by atoms with E-state index >= 15 is 0 Å². The summed E-state index contributed by atoms with van der Waals surface area (Å²) >= 11 is 0. The zero-order chi connectivity index (χ0) is 19.8. The summed E-state index contributed by atoms with van der Waals surface area (Å²) in [4.78, 5) is 14.2. The Morgan fingerprint density at radius 1 is 1.22 bits per heavy atom. The summed E-state index contributed by atoms with van der Waals surface area (Å²) in [6.45, 7) is 7.34. The molecule has 0 spiro atoms. The van der Waals surface area contributed by atoms with Gasteiger partial charge in [-0.05, 0) is 70.8 Å². The average Bonchev–Trinajstić information content (AvgIpc) is 2.79. The van der Waals surface area contributed by atoms with Crippen molar-refractivity contribution < 1.29 is 13.9 Å². The third kappa shape index (κ3) is 4.36. The highest BCUT2D eigenvalue weighted by Gasteiger charge is 2.45. The quantitative estimate of drug-likeness (QED) is 0.684. The lowest BCUT2D eigenvalue weighted by Crippen LogP contribution is -2.43. The van der Waals surface area contributed by atoms with Crippen LogP contribution in [0.5, 0.6) is 0 Å². The van der Waals surface area contributed by atoms with Crippen LogP contribution in [0.15, 0.2) is 26.8 Å². The van der Waals surface area contributed by atoms with E-state index in [9.17, 15) is 13.9 Å². The van der Waals surface area contributed by atoms with Gasteiger partial charge in [-0.1, -0.05) is 6.92 Å². The zero-order valence-electron chi connectivity index (χ0n) is 16.8. The SMILES string of the molecule is CC1=NC2=CC(CCC(C)(F)F)=N[C@@]2(C)C(C2CC[C@H](CO)CC[C@H]2C)=N1. The maximum Gasteiger partial charge on any atom is 0.245 e. The first-order valence-electron chi connectivity index (χ1n) is 10.1. The molecule has 3 aliphatic rings. The molecule has 0 amide bonds. The standard InChI is InChI=1S/C21H31F2N3O/c1-13-5-6-15(12-27)7-8-17(13)19-21(4)18(24-14(2)25-19)11-16(26-21)9-10-20(3,22)23/h11,13,15,17,27H,5-10,12H2,1-4H3/t13-,15-,17?,21-/m1/s1. The Labute approximate surface area is 160 Å². The van der Waals surface area contributed by atoms with Crippen molar-refractivity contribution in [2.24, 2.45) is 32.7 Å². The second-order valence-corrected chi connectivity index (χ2v) is 8.72. The van der Waals surface area contributed by atoms with E-state index in [0.29, 0.717) is 23.4 Å². The number of hydrogen-bond donors (Lipinski definition) is 1. The molecule has 3 rings (SSSR count). The van der Waals surface area contributed by atoms with E-state index in [1.54, 1.807) is 0 Å². The third-order valence-electron chi connectivity index (χ3n) is 6.27. The number of alkyl halides is 2. The van der Waals surface area contributed by atoms with Gasteiger partial charge in [-0.2, -0.15) is 0 Å². The van der Waals surface area contributed by atoms with Crippen molar-refractivity contribution in [2.45, 2.75) is 77.7 Å². The van der Waals surface area contributed by atoms with Gasteiger partial charge in [0.25, 0.3) is 0 Å². The van der Waals surface area contributed by atoms with Crippen molar-refractivity contribution in [3.8, 4) is 0 Å². The van der Waals surface area contributed by atoms with Crippen molar-refractivity contribution in [1.29, 1.82) is 0 Å². The van der Waals surface area contributed by atoms with Gasteiger partial charge < -0.3 is 5.11 Å². The first-order valence-corrected chi connectivity index (χ1v) is 10.1. The molecule has 0 bridgehead atoms. The fourth-order valence-corrected chi connectivity index (χ4v) is 4.54. The second kappa shape index (κ2) is 7.53. The number of aliphatic hydroxyl groups excluding tert-OH is 1. The highest BCUT2D eigenvalue weighted by molar-refractivity contribution is 6.13. The lowest BCUT2D eigenvalue weighted by molar-refractivity contribution is 0.0151. The minimum Gasteiger partial charge on any atom is -0.396 e. The molecule has 0 aromatic rings. The van der Waals surface area contributed by atoms with E-state index in [2.05, 4.69) is 11.9 Å². The summed E-state index contributed by atoms with van der Waals surface area (Å²) in [5, 5.41) is 9.56. The molecular weight excluding hydrogens is 348 g/mol. The number of fused-ring (bicyclic) bond motifs is 1. The lowest BCUT2D eigenvalue weighted by Gasteiger charge is -2.35. The number of halogens is 2. The molecule has 6 heteroatoms. The Bertz CT molecular complexity index is 705. The van der Waals surface area contributed by atoms with Gasteiger partial charge in [0.05, 0.1) is 11.4 Å². The van der Waals surface area contributed by atoms with Crippen LogP contribution in [-0.2, 0) is 0 Å². The van der Waals surface area contributed by atoms with Gasteiger partial charge in [0.2, 0.25) is 5.92 Å². The third-order valence-corrected chi connectivity index (χ3v) is 6.27. The summed E-state index contributed by atoms with van der Waals surface area (Å²) in [5.41, 5.74) is 1.89. The number of aliphatic hydroxyl groups is 1. The van der Waals surface area contributed by atoms with Crippen molar-refractivity contribution in [2.75, 3.05) is 6.61 Å². The van der Waals surface area contributed by atoms with Crippen molar-refractivity contribution >= 4 is 17.3 Å². The zero-order valence-corrected chi connectivity index (χ0v) is 16.8. The average molecular weight is 379 g/mol. The molecule has 0 aromatic heterocycles. The number of amidine groups is 1. The van der Waals surface area contributed by atoms with E-state index in [1.807, 2.05) is 19.9 Å². The van der Waals surface area contributed by atoms with Gasteiger partial charge in [0, 0.05) is 24.7 Å². The van der Waals surface area contributed by atoms with Crippen LogP contribution in [0.1, 0.15) is 66.2 Å². The molecule has 1 fully saturated rings. The Kier molecular flexibility index (Phi) is 5.67. The Hall–Kier alpha value is -1.43. The van der Waals surface area contributed by atoms with E-state index in [4.69, 9.17) is 9.98 Å². The summed E-state index contributed by atoms with van der Waals surface area (Å²) in [7, 11) is 0. The first-order chi connectivity index (χ1) is 12.6. The van der Waals surface area contributed by atoms with Gasteiger partial charge in [0.15, 0.2) is 0 Å². The molecule has 0 saturated heterocycles. The van der Waals surface area contributed by atoms with Gasteiger partial charge in [-0.25, -0.2) is 18.8 Å². The topological polar surface area (TPSA) is 57.3 Å². The predicted octanol–water partition coefficient (Wildman–Crippen LogP) is 4.83. The molecule has 1 aliphatic carbocycles.